The lowest BCUT2D eigenvalue weighted by molar-refractivity contribution is 0.102. The number of nitrogens with zero attached hydrogens (tertiary/aromatic N) is 1. The lowest BCUT2D eigenvalue weighted by atomic mass is 10.3. The standard InChI is InChI=1S/C10H15N3O3/c1-14-10-9(13-10)8-3-2-7(6-12-8)15-4-5-16-11/h2-3,6,9-10,13H,4-5,11H2,1H3. The van der Waals surface area contributed by atoms with E-state index in [1.807, 2.05) is 12.1 Å². The first-order valence-electron chi connectivity index (χ1n) is 5.04. The molecule has 1 saturated heterocycles. The minimum atomic E-state index is 0.0879. The van der Waals surface area contributed by atoms with Gasteiger partial charge in [-0.3, -0.25) is 10.3 Å². The van der Waals surface area contributed by atoms with Crippen molar-refractivity contribution >= 4 is 0 Å². The van der Waals surface area contributed by atoms with E-state index in [4.69, 9.17) is 15.4 Å². The smallest absolute Gasteiger partial charge is 0.137 e. The molecule has 0 amide bonds. The lowest BCUT2D eigenvalue weighted by Crippen LogP contribution is -2.10. The number of ether oxygens (including phenoxy) is 2. The second-order valence-electron chi connectivity index (χ2n) is 3.44. The molecule has 88 valence electrons. The van der Waals surface area contributed by atoms with E-state index in [1.165, 1.54) is 0 Å². The van der Waals surface area contributed by atoms with Crippen molar-refractivity contribution in [2.75, 3.05) is 20.3 Å². The van der Waals surface area contributed by atoms with Crippen LogP contribution in [-0.4, -0.2) is 31.5 Å². The Kier molecular flexibility index (Phi) is 3.68. The lowest BCUT2D eigenvalue weighted by Gasteiger charge is -2.04. The zero-order valence-electron chi connectivity index (χ0n) is 9.05. The molecule has 16 heavy (non-hydrogen) atoms. The average Bonchev–Trinajstić information content (AvgIpc) is 3.10. The molecule has 2 unspecified atom stereocenters. The van der Waals surface area contributed by atoms with Crippen LogP contribution in [0.15, 0.2) is 18.3 Å². The second kappa shape index (κ2) is 5.22. The van der Waals surface area contributed by atoms with Gasteiger partial charge in [0.25, 0.3) is 0 Å². The minimum absolute atomic E-state index is 0.0879. The van der Waals surface area contributed by atoms with Gasteiger partial charge in [0.2, 0.25) is 0 Å². The first kappa shape index (κ1) is 11.3. The van der Waals surface area contributed by atoms with Gasteiger partial charge >= 0.3 is 0 Å². The number of hydrogen-bond donors (Lipinski definition) is 2. The normalized spacial score (nSPS) is 23.1. The van der Waals surface area contributed by atoms with E-state index < -0.39 is 0 Å². The van der Waals surface area contributed by atoms with Crippen molar-refractivity contribution < 1.29 is 14.3 Å². The summed E-state index contributed by atoms with van der Waals surface area (Å²) in [5.74, 6) is 5.58. The molecule has 1 aliphatic rings. The van der Waals surface area contributed by atoms with Crippen LogP contribution in [-0.2, 0) is 9.57 Å². The van der Waals surface area contributed by atoms with Crippen LogP contribution in [0.3, 0.4) is 0 Å². The van der Waals surface area contributed by atoms with E-state index in [0.29, 0.717) is 19.0 Å². The molecule has 0 spiro atoms. The molecule has 2 heterocycles. The van der Waals surface area contributed by atoms with Crippen molar-refractivity contribution in [3.8, 4) is 5.75 Å². The maximum Gasteiger partial charge on any atom is 0.137 e. The fraction of sp³-hybridized carbons (Fsp3) is 0.500. The van der Waals surface area contributed by atoms with E-state index in [9.17, 15) is 0 Å². The summed E-state index contributed by atoms with van der Waals surface area (Å²) in [5, 5.41) is 3.14. The van der Waals surface area contributed by atoms with Crippen molar-refractivity contribution in [1.29, 1.82) is 0 Å². The Morgan fingerprint density at radius 2 is 2.31 bits per heavy atom. The number of rotatable bonds is 6. The number of hydrogen-bond acceptors (Lipinski definition) is 6. The molecular weight excluding hydrogens is 210 g/mol. The van der Waals surface area contributed by atoms with Crippen LogP contribution in [0.2, 0.25) is 0 Å². The number of aromatic nitrogens is 1. The molecule has 6 nitrogen and oxygen atoms in total. The van der Waals surface area contributed by atoms with Crippen LogP contribution in [0, 0.1) is 0 Å². The Hall–Kier alpha value is -1.21. The molecule has 1 aromatic heterocycles. The van der Waals surface area contributed by atoms with Crippen molar-refractivity contribution in [3.05, 3.63) is 24.0 Å². The van der Waals surface area contributed by atoms with Crippen LogP contribution in [0.4, 0.5) is 0 Å². The molecular formula is C10H15N3O3. The molecule has 1 aromatic rings. The van der Waals surface area contributed by atoms with E-state index in [0.717, 1.165) is 5.69 Å². The topological polar surface area (TPSA) is 88.5 Å². The Morgan fingerprint density at radius 1 is 1.44 bits per heavy atom. The van der Waals surface area contributed by atoms with E-state index in [1.54, 1.807) is 13.3 Å². The van der Waals surface area contributed by atoms with Gasteiger partial charge in [-0.1, -0.05) is 0 Å². The van der Waals surface area contributed by atoms with Gasteiger partial charge in [-0.15, -0.1) is 0 Å². The summed E-state index contributed by atoms with van der Waals surface area (Å²) in [6, 6.07) is 3.98. The van der Waals surface area contributed by atoms with Gasteiger partial charge in [0.05, 0.1) is 17.9 Å². The number of nitrogens with one attached hydrogen (secondary N) is 1. The van der Waals surface area contributed by atoms with Gasteiger partial charge in [-0.05, 0) is 12.1 Å². The molecule has 0 saturated carbocycles. The van der Waals surface area contributed by atoms with E-state index >= 15 is 0 Å². The van der Waals surface area contributed by atoms with Crippen LogP contribution >= 0.6 is 0 Å². The summed E-state index contributed by atoms with van der Waals surface area (Å²) >= 11 is 0. The van der Waals surface area contributed by atoms with Gasteiger partial charge in [-0.25, -0.2) is 5.90 Å². The van der Waals surface area contributed by atoms with Crippen LogP contribution in [0.1, 0.15) is 11.7 Å². The predicted molar refractivity (Wildman–Crippen MR) is 56.5 cm³/mol. The largest absolute Gasteiger partial charge is 0.489 e. The third kappa shape index (κ3) is 2.67. The molecule has 2 rings (SSSR count). The first-order valence-corrected chi connectivity index (χ1v) is 5.04. The maximum absolute atomic E-state index is 5.34. The highest BCUT2D eigenvalue weighted by molar-refractivity contribution is 5.24. The summed E-state index contributed by atoms with van der Waals surface area (Å²) in [5.41, 5.74) is 0.953. The Balaban J connectivity index is 1.85. The van der Waals surface area contributed by atoms with Crippen LogP contribution < -0.4 is 16.0 Å². The van der Waals surface area contributed by atoms with Crippen molar-refractivity contribution in [2.45, 2.75) is 12.3 Å². The highest BCUT2D eigenvalue weighted by Gasteiger charge is 2.38. The summed E-state index contributed by atoms with van der Waals surface area (Å²) in [6.45, 7) is 0.775. The minimum Gasteiger partial charge on any atom is -0.489 e. The quantitative estimate of drug-likeness (QED) is 0.401. The molecule has 0 bridgehead atoms. The third-order valence-electron chi connectivity index (χ3n) is 2.34. The molecule has 1 aliphatic heterocycles. The van der Waals surface area contributed by atoms with Gasteiger partial charge in [0.1, 0.15) is 25.2 Å². The van der Waals surface area contributed by atoms with Crippen molar-refractivity contribution in [3.63, 3.8) is 0 Å². The first-order chi connectivity index (χ1) is 7.85. The van der Waals surface area contributed by atoms with E-state index in [-0.39, 0.29) is 12.3 Å². The molecule has 2 atom stereocenters. The predicted octanol–water partition coefficient (Wildman–Crippen LogP) is -0.0325. The fourth-order valence-corrected chi connectivity index (χ4v) is 1.43. The highest BCUT2D eigenvalue weighted by atomic mass is 16.6. The zero-order valence-corrected chi connectivity index (χ0v) is 9.05. The third-order valence-corrected chi connectivity index (χ3v) is 2.34. The van der Waals surface area contributed by atoms with Gasteiger partial charge in [-0.2, -0.15) is 0 Å². The van der Waals surface area contributed by atoms with Gasteiger partial charge in [0.15, 0.2) is 0 Å². The van der Waals surface area contributed by atoms with Crippen LogP contribution in [0.5, 0.6) is 5.75 Å². The Morgan fingerprint density at radius 3 is 2.88 bits per heavy atom. The molecule has 6 heteroatoms. The van der Waals surface area contributed by atoms with Crippen LogP contribution in [0.25, 0.3) is 0 Å². The van der Waals surface area contributed by atoms with Gasteiger partial charge < -0.3 is 14.3 Å². The second-order valence-corrected chi connectivity index (χ2v) is 3.44. The summed E-state index contributed by atoms with van der Waals surface area (Å²) in [4.78, 5) is 8.67. The van der Waals surface area contributed by atoms with Crippen molar-refractivity contribution in [2.24, 2.45) is 5.90 Å². The maximum atomic E-state index is 5.34. The number of methoxy groups -OCH3 is 1. The molecule has 0 aliphatic carbocycles. The molecule has 0 aromatic carbocycles. The fourth-order valence-electron chi connectivity index (χ4n) is 1.43. The molecule has 1 fully saturated rings. The summed E-state index contributed by atoms with van der Waals surface area (Å²) in [7, 11) is 1.67. The SMILES string of the molecule is COC1NC1c1ccc(OCCON)cn1. The zero-order chi connectivity index (χ0) is 11.4. The molecule has 3 N–H and O–H groups in total. The monoisotopic (exact) mass is 225 g/mol. The van der Waals surface area contributed by atoms with Crippen molar-refractivity contribution in [1.82, 2.24) is 10.3 Å². The highest BCUT2D eigenvalue weighted by Crippen LogP contribution is 2.28. The Bertz CT molecular complexity index is 331. The van der Waals surface area contributed by atoms with E-state index in [2.05, 4.69) is 15.1 Å². The number of nitrogens with two attached hydrogens (primary N) is 1. The molecule has 0 radical (unpaired) electrons. The summed E-state index contributed by atoms with van der Waals surface area (Å²) < 4.78 is 10.5. The average molecular weight is 225 g/mol. The number of pyridine rings is 1. The Labute approximate surface area is 93.7 Å². The van der Waals surface area contributed by atoms with Gasteiger partial charge in [0, 0.05) is 7.11 Å². The summed E-state index contributed by atoms with van der Waals surface area (Å²) in [6.07, 6.45) is 1.77.